The van der Waals surface area contributed by atoms with Crippen LogP contribution in [0.2, 0.25) is 0 Å². The van der Waals surface area contributed by atoms with Gasteiger partial charge in [0, 0.05) is 10.4 Å². The van der Waals surface area contributed by atoms with Crippen LogP contribution in [0.15, 0.2) is 23.6 Å². The summed E-state index contributed by atoms with van der Waals surface area (Å²) in [5.41, 5.74) is -1.33. The Morgan fingerprint density at radius 1 is 1.46 bits per heavy atom. The van der Waals surface area contributed by atoms with Crippen molar-refractivity contribution in [1.29, 1.82) is 5.26 Å². The van der Waals surface area contributed by atoms with Crippen molar-refractivity contribution in [2.24, 2.45) is 0 Å². The highest BCUT2D eigenvalue weighted by molar-refractivity contribution is 7.13. The largest absolute Gasteiger partial charge is 0.465 e. The Balaban J connectivity index is 2.50. The minimum atomic E-state index is -4.72. The van der Waals surface area contributed by atoms with E-state index in [2.05, 4.69) is 9.72 Å². The fraction of sp³-hybridized carbons (Fsp3) is 0.267. The number of halogens is 3. The average Bonchev–Trinajstić information content (AvgIpc) is 3.05. The second-order valence-corrected chi connectivity index (χ2v) is 5.36. The van der Waals surface area contributed by atoms with E-state index in [0.29, 0.717) is 4.88 Å². The van der Waals surface area contributed by atoms with Crippen molar-refractivity contribution in [1.82, 2.24) is 4.98 Å². The molecule has 0 spiro atoms. The summed E-state index contributed by atoms with van der Waals surface area (Å²) < 4.78 is 48.8. The fourth-order valence-corrected chi connectivity index (χ4v) is 2.58. The molecule has 9 heteroatoms. The third-order valence-electron chi connectivity index (χ3n) is 2.81. The number of hydrogen-bond donors (Lipinski definition) is 0. The quantitative estimate of drug-likeness (QED) is 0.765. The van der Waals surface area contributed by atoms with Crippen LogP contribution in [0.25, 0.3) is 10.4 Å². The zero-order valence-corrected chi connectivity index (χ0v) is 13.2. The van der Waals surface area contributed by atoms with Crippen molar-refractivity contribution < 1.29 is 27.4 Å². The summed E-state index contributed by atoms with van der Waals surface area (Å²) in [5.74, 6) is -1.32. The van der Waals surface area contributed by atoms with Crippen molar-refractivity contribution in [2.75, 3.05) is 13.2 Å². The lowest BCUT2D eigenvalue weighted by Crippen LogP contribution is -2.17. The molecule has 0 aliphatic heterocycles. The molecule has 0 radical (unpaired) electrons. The van der Waals surface area contributed by atoms with Crippen molar-refractivity contribution in [3.63, 3.8) is 0 Å². The molecule has 0 fully saturated rings. The van der Waals surface area contributed by atoms with Crippen LogP contribution in [-0.4, -0.2) is 24.2 Å². The highest BCUT2D eigenvalue weighted by Crippen LogP contribution is 2.37. The van der Waals surface area contributed by atoms with E-state index in [9.17, 15) is 23.2 Å². The topological polar surface area (TPSA) is 72.2 Å². The van der Waals surface area contributed by atoms with Gasteiger partial charge in [-0.25, -0.2) is 9.78 Å². The Morgan fingerprint density at radius 2 is 2.21 bits per heavy atom. The molecule has 0 saturated heterocycles. The molecule has 0 saturated carbocycles. The minimum absolute atomic E-state index is 0.0497. The second-order valence-electron chi connectivity index (χ2n) is 4.42. The molecule has 126 valence electrons. The van der Waals surface area contributed by atoms with Crippen molar-refractivity contribution in [3.05, 3.63) is 34.8 Å². The number of alkyl halides is 3. The average molecular weight is 356 g/mol. The van der Waals surface area contributed by atoms with Gasteiger partial charge in [0.05, 0.1) is 6.61 Å². The van der Waals surface area contributed by atoms with Crippen LogP contribution in [0, 0.1) is 11.3 Å². The molecular weight excluding hydrogens is 345 g/mol. The molecule has 0 bridgehead atoms. The van der Waals surface area contributed by atoms with Crippen LogP contribution in [0.4, 0.5) is 13.2 Å². The van der Waals surface area contributed by atoms with Crippen LogP contribution in [0.3, 0.4) is 0 Å². The van der Waals surface area contributed by atoms with E-state index in [-0.39, 0.29) is 17.7 Å². The van der Waals surface area contributed by atoms with Gasteiger partial charge in [-0.15, -0.1) is 11.3 Å². The number of aromatic nitrogens is 1. The van der Waals surface area contributed by atoms with Crippen molar-refractivity contribution in [3.8, 4) is 22.4 Å². The van der Waals surface area contributed by atoms with Gasteiger partial charge in [0.15, 0.2) is 6.61 Å². The Hall–Kier alpha value is -2.60. The van der Waals surface area contributed by atoms with Gasteiger partial charge in [0.2, 0.25) is 5.88 Å². The normalized spacial score (nSPS) is 11.0. The first-order valence-corrected chi connectivity index (χ1v) is 7.59. The molecule has 24 heavy (non-hydrogen) atoms. The number of nitriles is 1. The van der Waals surface area contributed by atoms with Gasteiger partial charge in [0.1, 0.15) is 17.3 Å². The molecule has 0 amide bonds. The van der Waals surface area contributed by atoms with Gasteiger partial charge in [-0.2, -0.15) is 18.4 Å². The number of rotatable bonds is 5. The predicted octanol–water partition coefficient (Wildman–Crippen LogP) is 3.64. The highest BCUT2D eigenvalue weighted by atomic mass is 32.1. The highest BCUT2D eigenvalue weighted by Gasteiger charge is 2.35. The first-order chi connectivity index (χ1) is 11.4. The van der Waals surface area contributed by atoms with E-state index in [0.717, 1.165) is 6.07 Å². The number of nitrogens with zero attached hydrogens (tertiary/aromatic N) is 2. The second kappa shape index (κ2) is 7.31. The van der Waals surface area contributed by atoms with E-state index in [1.807, 2.05) is 0 Å². The van der Waals surface area contributed by atoms with E-state index >= 15 is 0 Å². The van der Waals surface area contributed by atoms with Gasteiger partial charge < -0.3 is 9.47 Å². The zero-order chi connectivity index (χ0) is 17.7. The molecule has 5 nitrogen and oxygen atoms in total. The molecule has 2 heterocycles. The molecule has 0 unspecified atom stereocenters. The van der Waals surface area contributed by atoms with Crippen LogP contribution >= 0.6 is 11.3 Å². The summed E-state index contributed by atoms with van der Waals surface area (Å²) >= 11 is 1.17. The molecule has 0 N–H and O–H groups in total. The SMILES string of the molecule is CCOC(=O)COc1nc(C(F)(F)F)cc(-c2cccs2)c1C#N. The van der Waals surface area contributed by atoms with Gasteiger partial charge in [-0.05, 0) is 24.4 Å². The summed E-state index contributed by atoms with van der Waals surface area (Å²) in [6, 6.07) is 5.81. The molecule has 0 aliphatic carbocycles. The Bertz CT molecular complexity index is 768. The Morgan fingerprint density at radius 3 is 2.75 bits per heavy atom. The molecule has 0 atom stereocenters. The maximum absolute atomic E-state index is 13.1. The zero-order valence-electron chi connectivity index (χ0n) is 12.4. The number of ether oxygens (including phenoxy) is 2. The lowest BCUT2D eigenvalue weighted by Gasteiger charge is -2.13. The standard InChI is InChI=1S/C15H11F3N2O3S/c1-2-22-13(21)8-23-14-10(7-19)9(11-4-3-5-24-11)6-12(20-14)15(16,17)18/h3-6H,2,8H2,1H3. The number of esters is 1. The first kappa shape index (κ1) is 17.7. The third-order valence-corrected chi connectivity index (χ3v) is 3.71. The predicted molar refractivity (Wildman–Crippen MR) is 79.4 cm³/mol. The van der Waals surface area contributed by atoms with E-state index < -0.39 is 30.3 Å². The van der Waals surface area contributed by atoms with Gasteiger partial charge in [-0.1, -0.05) is 6.07 Å². The Labute approximate surface area is 139 Å². The van der Waals surface area contributed by atoms with E-state index in [1.54, 1.807) is 30.5 Å². The smallest absolute Gasteiger partial charge is 0.433 e. The number of thiophene rings is 1. The number of carbonyl (C=O) groups excluding carboxylic acids is 1. The summed E-state index contributed by atoms with van der Waals surface area (Å²) in [6.07, 6.45) is -4.72. The van der Waals surface area contributed by atoms with E-state index in [1.165, 1.54) is 11.3 Å². The fourth-order valence-electron chi connectivity index (χ4n) is 1.84. The summed E-state index contributed by atoms with van der Waals surface area (Å²) in [6.45, 7) is 1.04. The van der Waals surface area contributed by atoms with E-state index in [4.69, 9.17) is 4.74 Å². The van der Waals surface area contributed by atoms with Gasteiger partial charge >= 0.3 is 12.1 Å². The molecule has 2 aromatic rings. The Kier molecular flexibility index (Phi) is 5.41. The van der Waals surface area contributed by atoms with Crippen LogP contribution in [0.1, 0.15) is 18.2 Å². The molecule has 0 aliphatic rings. The lowest BCUT2D eigenvalue weighted by atomic mass is 10.1. The van der Waals surface area contributed by atoms with Crippen LogP contribution in [-0.2, 0) is 15.7 Å². The maximum Gasteiger partial charge on any atom is 0.433 e. The molecule has 2 aromatic heterocycles. The molecule has 0 aromatic carbocycles. The lowest BCUT2D eigenvalue weighted by molar-refractivity contribution is -0.145. The van der Waals surface area contributed by atoms with Crippen LogP contribution in [0.5, 0.6) is 5.88 Å². The summed E-state index contributed by atoms with van der Waals surface area (Å²) in [4.78, 5) is 15.1. The number of pyridine rings is 1. The van der Waals surface area contributed by atoms with Crippen molar-refractivity contribution >= 4 is 17.3 Å². The maximum atomic E-state index is 13.1. The van der Waals surface area contributed by atoms with Gasteiger partial charge in [0.25, 0.3) is 0 Å². The number of hydrogen-bond acceptors (Lipinski definition) is 6. The molecule has 2 rings (SSSR count). The van der Waals surface area contributed by atoms with Gasteiger partial charge in [-0.3, -0.25) is 0 Å². The van der Waals surface area contributed by atoms with Crippen LogP contribution < -0.4 is 4.74 Å². The minimum Gasteiger partial charge on any atom is -0.465 e. The summed E-state index contributed by atoms with van der Waals surface area (Å²) in [5, 5.41) is 11.0. The molecular formula is C15H11F3N2O3S. The third kappa shape index (κ3) is 4.02. The number of carbonyl (C=O) groups is 1. The summed E-state index contributed by atoms with van der Waals surface area (Å²) in [7, 11) is 0. The van der Waals surface area contributed by atoms with Crippen molar-refractivity contribution in [2.45, 2.75) is 13.1 Å². The monoisotopic (exact) mass is 356 g/mol. The first-order valence-electron chi connectivity index (χ1n) is 6.71.